The van der Waals surface area contributed by atoms with Crippen LogP contribution in [0.5, 0.6) is 0 Å². The van der Waals surface area contributed by atoms with E-state index in [1.807, 2.05) is 0 Å². The zero-order valence-corrected chi connectivity index (χ0v) is 19.5. The third-order valence-corrected chi connectivity index (χ3v) is 7.16. The first-order chi connectivity index (χ1) is 17.1. The summed E-state index contributed by atoms with van der Waals surface area (Å²) in [6.45, 7) is 2.23. The van der Waals surface area contributed by atoms with Crippen molar-refractivity contribution in [1.82, 2.24) is 14.7 Å². The van der Waals surface area contributed by atoms with Crippen LogP contribution in [0.3, 0.4) is 0 Å². The predicted molar refractivity (Wildman–Crippen MR) is 121 cm³/mol. The van der Waals surface area contributed by atoms with Crippen LogP contribution in [0.1, 0.15) is 48.4 Å². The Morgan fingerprint density at radius 2 is 1.83 bits per heavy atom. The van der Waals surface area contributed by atoms with E-state index in [-0.39, 0.29) is 24.9 Å². The fourth-order valence-electron chi connectivity index (χ4n) is 5.15. The molecule has 190 valence electrons. The van der Waals surface area contributed by atoms with E-state index in [0.717, 1.165) is 16.5 Å². The number of nitrogens with one attached hydrogen (secondary N) is 1. The van der Waals surface area contributed by atoms with Gasteiger partial charge in [0.25, 0.3) is 5.92 Å². The number of nitrogens with zero attached hydrogens (tertiary/aromatic N) is 4. The number of fused-ring (bicyclic) bond motifs is 1. The molecule has 2 aliphatic rings. The van der Waals surface area contributed by atoms with Crippen LogP contribution in [0.2, 0.25) is 0 Å². The van der Waals surface area contributed by atoms with Gasteiger partial charge in [0.15, 0.2) is 5.82 Å². The van der Waals surface area contributed by atoms with Crippen molar-refractivity contribution in [2.45, 2.75) is 50.1 Å². The molecular weight excluding hydrogens is 478 g/mol. The summed E-state index contributed by atoms with van der Waals surface area (Å²) in [4.78, 5) is 14.7. The average molecular weight is 505 g/mol. The molecule has 0 unspecified atom stereocenters. The van der Waals surface area contributed by atoms with Crippen molar-refractivity contribution in [3.63, 3.8) is 0 Å². The van der Waals surface area contributed by atoms with E-state index >= 15 is 0 Å². The fourth-order valence-corrected chi connectivity index (χ4v) is 5.15. The van der Waals surface area contributed by atoms with Gasteiger partial charge in [0.2, 0.25) is 18.3 Å². The summed E-state index contributed by atoms with van der Waals surface area (Å²) in [5, 5.41) is 16.6. The van der Waals surface area contributed by atoms with E-state index in [0.29, 0.717) is 29.9 Å². The highest BCUT2D eigenvalue weighted by molar-refractivity contribution is 5.93. The van der Waals surface area contributed by atoms with Gasteiger partial charge in [-0.1, -0.05) is 0 Å². The van der Waals surface area contributed by atoms with Crippen LogP contribution < -0.4 is 10.0 Å². The molecule has 36 heavy (non-hydrogen) atoms. The Kier molecular flexibility index (Phi) is 6.19. The van der Waals surface area contributed by atoms with Gasteiger partial charge in [0.05, 0.1) is 12.0 Å². The number of amides is 1. The van der Waals surface area contributed by atoms with Crippen LogP contribution in [0, 0.1) is 11.6 Å². The number of likely N-dealkylation sites (tertiary alicyclic amines) is 1. The van der Waals surface area contributed by atoms with Crippen molar-refractivity contribution in [1.29, 1.82) is 0 Å². The third kappa shape index (κ3) is 4.67. The fraction of sp³-hybridized carbons (Fsp3) is 0.400. The molecule has 0 saturated carbocycles. The van der Waals surface area contributed by atoms with Crippen LogP contribution >= 0.6 is 0 Å². The van der Waals surface area contributed by atoms with Gasteiger partial charge < -0.3 is 5.32 Å². The van der Waals surface area contributed by atoms with Crippen LogP contribution in [0.4, 0.5) is 23.4 Å². The summed E-state index contributed by atoms with van der Waals surface area (Å²) in [5.74, 6) is -5.69. The van der Waals surface area contributed by atoms with Crippen molar-refractivity contribution >= 4 is 11.7 Å². The van der Waals surface area contributed by atoms with Gasteiger partial charge in [0, 0.05) is 66.7 Å². The Bertz CT molecular complexity index is 1260. The highest BCUT2D eigenvalue weighted by Crippen LogP contribution is 2.41. The molecule has 0 aliphatic carbocycles. The number of hydrogen-bond donors (Lipinski definition) is 2. The molecule has 0 spiro atoms. The lowest BCUT2D eigenvalue weighted by Crippen LogP contribution is -2.52. The lowest BCUT2D eigenvalue weighted by Gasteiger charge is -2.40. The van der Waals surface area contributed by atoms with Crippen LogP contribution in [-0.2, 0) is 11.3 Å². The Hall–Kier alpha value is -3.47. The number of piperidine rings is 1. The second-order valence-electron chi connectivity index (χ2n) is 9.46. The van der Waals surface area contributed by atoms with Gasteiger partial charge >= 0.3 is 0 Å². The number of pyridine rings is 1. The van der Waals surface area contributed by atoms with Crippen molar-refractivity contribution in [3.05, 3.63) is 77.2 Å². The van der Waals surface area contributed by atoms with E-state index in [1.165, 1.54) is 36.7 Å². The van der Waals surface area contributed by atoms with Gasteiger partial charge in [-0.15, -0.1) is 0 Å². The number of alkyl halides is 2. The number of hydrogen-bond acceptors (Lipinski definition) is 4. The van der Waals surface area contributed by atoms with Crippen molar-refractivity contribution in [2.24, 2.45) is 0 Å². The Morgan fingerprint density at radius 1 is 1.14 bits per heavy atom. The molecule has 2 N–H and O–H groups in total. The minimum Gasteiger partial charge on any atom is -0.308 e. The van der Waals surface area contributed by atoms with Crippen LogP contribution in [-0.4, -0.2) is 50.8 Å². The van der Waals surface area contributed by atoms with Gasteiger partial charge in [-0.25, -0.2) is 17.6 Å². The Labute approximate surface area is 204 Å². The molecule has 0 bridgehead atoms. The molecule has 5 rings (SSSR count). The average Bonchev–Trinajstić information content (AvgIpc) is 3.39. The SMILES string of the molecule is C[C@H](C(=O)Nc1cc2n(n1)CC[C@H]2c1cc(F)cc(F)c1)N1CCC(F)(F)[C@@H](c2cc[n+](O)cc2)C1. The zero-order chi connectivity index (χ0) is 25.6. The number of halogens is 4. The highest BCUT2D eigenvalue weighted by atomic mass is 19.3. The molecule has 1 saturated heterocycles. The second-order valence-corrected chi connectivity index (χ2v) is 9.46. The molecule has 7 nitrogen and oxygen atoms in total. The summed E-state index contributed by atoms with van der Waals surface area (Å²) in [5.41, 5.74) is 1.63. The zero-order valence-electron chi connectivity index (χ0n) is 19.5. The Balaban J connectivity index is 1.28. The number of aromatic nitrogens is 3. The quantitative estimate of drug-likeness (QED) is 0.316. The second kappa shape index (κ2) is 9.20. The molecule has 0 radical (unpaired) electrons. The molecule has 4 heterocycles. The predicted octanol–water partition coefficient (Wildman–Crippen LogP) is 3.67. The van der Waals surface area contributed by atoms with E-state index < -0.39 is 35.9 Å². The molecule has 3 atom stereocenters. The van der Waals surface area contributed by atoms with Gasteiger partial charge in [0.1, 0.15) is 11.6 Å². The number of benzene rings is 1. The number of carbonyl (C=O) groups excluding carboxylic acids is 1. The lowest BCUT2D eigenvalue weighted by molar-refractivity contribution is -0.904. The standard InChI is InChI=1S/C25H25F4N5O2/c1-15(32-9-5-25(28,29)21(14-32)16-2-6-33(36)7-3-16)24(35)30-23-13-22-20(4-8-34(22)31-23)17-10-18(26)12-19(27)11-17/h2-3,6-7,10-13,15,20-21H,4-5,8-9,14H2,1H3,(H-,30,31,35,36)/p+1/t15-,20+,21-/m1/s1. The van der Waals surface area contributed by atoms with Crippen LogP contribution in [0.15, 0.2) is 48.8 Å². The molecule has 2 aromatic heterocycles. The summed E-state index contributed by atoms with van der Waals surface area (Å²) in [7, 11) is 0. The van der Waals surface area contributed by atoms with E-state index in [9.17, 15) is 27.6 Å². The highest BCUT2D eigenvalue weighted by Gasteiger charge is 2.46. The van der Waals surface area contributed by atoms with Crippen molar-refractivity contribution in [3.8, 4) is 0 Å². The van der Waals surface area contributed by atoms with Crippen LogP contribution in [0.25, 0.3) is 0 Å². The normalized spacial score (nSPS) is 22.2. The number of rotatable bonds is 5. The Morgan fingerprint density at radius 3 is 2.53 bits per heavy atom. The smallest absolute Gasteiger partial charge is 0.257 e. The molecule has 2 aliphatic heterocycles. The largest absolute Gasteiger partial charge is 0.308 e. The van der Waals surface area contributed by atoms with Gasteiger partial charge in [-0.3, -0.25) is 19.6 Å². The van der Waals surface area contributed by atoms with Gasteiger partial charge in [-0.05, 0) is 36.6 Å². The summed E-state index contributed by atoms with van der Waals surface area (Å²) < 4.78 is 59.3. The summed E-state index contributed by atoms with van der Waals surface area (Å²) in [6, 6.07) is 7.30. The van der Waals surface area contributed by atoms with E-state index in [4.69, 9.17) is 0 Å². The molecule has 1 aromatic carbocycles. The number of anilines is 1. The van der Waals surface area contributed by atoms with E-state index in [1.54, 1.807) is 22.6 Å². The summed E-state index contributed by atoms with van der Waals surface area (Å²) in [6.07, 6.45) is 2.83. The van der Waals surface area contributed by atoms with E-state index in [2.05, 4.69) is 10.4 Å². The minimum atomic E-state index is -2.94. The molecule has 3 aromatic rings. The van der Waals surface area contributed by atoms with Crippen molar-refractivity contribution < 1.29 is 32.3 Å². The first-order valence-corrected chi connectivity index (χ1v) is 11.8. The first-order valence-electron chi connectivity index (χ1n) is 11.8. The van der Waals surface area contributed by atoms with Gasteiger partial charge in [-0.2, -0.15) is 5.10 Å². The maximum atomic E-state index is 14.7. The maximum absolute atomic E-state index is 14.7. The van der Waals surface area contributed by atoms with Crippen molar-refractivity contribution in [2.75, 3.05) is 18.4 Å². The molecule has 1 fully saturated rings. The minimum absolute atomic E-state index is 0.0239. The molecule has 1 amide bonds. The third-order valence-electron chi connectivity index (χ3n) is 7.16. The number of carbonyl (C=O) groups is 1. The first kappa shape index (κ1) is 24.2. The molecule has 11 heteroatoms. The number of aryl methyl sites for hydroxylation is 1. The summed E-state index contributed by atoms with van der Waals surface area (Å²) >= 11 is 0. The monoisotopic (exact) mass is 504 g/mol. The maximum Gasteiger partial charge on any atom is 0.257 e. The molecular formula is C25H26F4N5O2+. The lowest BCUT2D eigenvalue weighted by atomic mass is 9.87. The topological polar surface area (TPSA) is 74.3 Å².